The standard InChI is InChI=1S/C22H21ClF3N5O2S/c1-12(6-17(32)16-10-29-21-30(2)4-3-5-31(16)21)20-28-11-19(34-20)18(33)8-13-7-14(22(24,25)26)15(23)9-27-13/h7,9-12H,3-6,8H2,1-2H3/t12-/m0/s1. The maximum absolute atomic E-state index is 13.1. The number of aromatic nitrogens is 4. The fourth-order valence-corrected chi connectivity index (χ4v) is 4.96. The first-order valence-corrected chi connectivity index (χ1v) is 11.7. The van der Waals surface area contributed by atoms with E-state index >= 15 is 0 Å². The lowest BCUT2D eigenvalue weighted by molar-refractivity contribution is -0.137. The van der Waals surface area contributed by atoms with Gasteiger partial charge in [0.2, 0.25) is 5.95 Å². The molecule has 1 aliphatic heterocycles. The number of nitrogens with zero attached hydrogens (tertiary/aromatic N) is 5. The van der Waals surface area contributed by atoms with E-state index in [0.717, 1.165) is 49.1 Å². The smallest absolute Gasteiger partial charge is 0.345 e. The molecule has 12 heteroatoms. The number of halogens is 4. The summed E-state index contributed by atoms with van der Waals surface area (Å²) in [6, 6.07) is 0.785. The zero-order valence-corrected chi connectivity index (χ0v) is 20.0. The number of Topliss-reactive ketones (excluding diaryl/α,β-unsaturated/α-hetero) is 2. The van der Waals surface area contributed by atoms with Crippen LogP contribution in [0.3, 0.4) is 0 Å². The number of hydrogen-bond acceptors (Lipinski definition) is 7. The lowest BCUT2D eigenvalue weighted by atomic mass is 10.0. The molecule has 0 aliphatic carbocycles. The van der Waals surface area contributed by atoms with Crippen LogP contribution in [0, 0.1) is 0 Å². The third-order valence-electron chi connectivity index (χ3n) is 5.61. The molecule has 3 aromatic rings. The van der Waals surface area contributed by atoms with Gasteiger partial charge in [-0.05, 0) is 12.5 Å². The number of hydrogen-bond donors (Lipinski definition) is 0. The van der Waals surface area contributed by atoms with E-state index in [0.29, 0.717) is 15.6 Å². The number of pyridine rings is 1. The second kappa shape index (κ2) is 9.46. The van der Waals surface area contributed by atoms with Crippen LogP contribution >= 0.6 is 22.9 Å². The molecule has 0 spiro atoms. The van der Waals surface area contributed by atoms with Gasteiger partial charge >= 0.3 is 6.18 Å². The van der Waals surface area contributed by atoms with Gasteiger partial charge in [0.15, 0.2) is 11.6 Å². The molecule has 4 heterocycles. The molecule has 1 aliphatic rings. The van der Waals surface area contributed by atoms with Crippen LogP contribution in [0.1, 0.15) is 62.1 Å². The summed E-state index contributed by atoms with van der Waals surface area (Å²) in [6.45, 7) is 3.47. The Hall–Kier alpha value is -2.79. The average molecular weight is 512 g/mol. The maximum Gasteiger partial charge on any atom is 0.417 e. The molecular weight excluding hydrogens is 491 g/mol. The number of carbonyl (C=O) groups excluding carboxylic acids is 2. The number of rotatable bonds is 7. The van der Waals surface area contributed by atoms with Crippen molar-refractivity contribution in [1.29, 1.82) is 0 Å². The summed E-state index contributed by atoms with van der Waals surface area (Å²) >= 11 is 6.72. The highest BCUT2D eigenvalue weighted by atomic mass is 35.5. The molecule has 180 valence electrons. The number of alkyl halides is 3. The van der Waals surface area contributed by atoms with E-state index in [4.69, 9.17) is 11.6 Å². The highest BCUT2D eigenvalue weighted by Crippen LogP contribution is 2.35. The van der Waals surface area contributed by atoms with Crippen LogP contribution in [0.5, 0.6) is 0 Å². The number of imidazole rings is 1. The van der Waals surface area contributed by atoms with Crippen molar-refractivity contribution in [2.24, 2.45) is 0 Å². The molecule has 34 heavy (non-hydrogen) atoms. The predicted molar refractivity (Wildman–Crippen MR) is 122 cm³/mol. The third-order valence-corrected chi connectivity index (χ3v) is 7.18. The van der Waals surface area contributed by atoms with Gasteiger partial charge in [0.05, 0.1) is 33.1 Å². The molecule has 0 radical (unpaired) electrons. The molecule has 0 saturated heterocycles. The second-order valence-corrected chi connectivity index (χ2v) is 9.68. The minimum atomic E-state index is -4.64. The topological polar surface area (TPSA) is 81.0 Å². The number of ketones is 2. The second-order valence-electron chi connectivity index (χ2n) is 8.21. The van der Waals surface area contributed by atoms with Crippen molar-refractivity contribution in [3.8, 4) is 0 Å². The first kappa shape index (κ1) is 24.3. The van der Waals surface area contributed by atoms with Gasteiger partial charge in [0, 0.05) is 50.6 Å². The van der Waals surface area contributed by atoms with Crippen LogP contribution < -0.4 is 4.90 Å². The Morgan fingerprint density at radius 2 is 1.91 bits per heavy atom. The number of thiazole rings is 1. The molecule has 0 unspecified atom stereocenters. The third kappa shape index (κ3) is 5.00. The van der Waals surface area contributed by atoms with Crippen molar-refractivity contribution in [2.45, 2.75) is 44.8 Å². The van der Waals surface area contributed by atoms with Crippen LogP contribution in [0.25, 0.3) is 0 Å². The molecular formula is C22H21ClF3N5O2S. The van der Waals surface area contributed by atoms with Crippen LogP contribution in [0.15, 0.2) is 24.7 Å². The summed E-state index contributed by atoms with van der Waals surface area (Å²) < 4.78 is 41.1. The van der Waals surface area contributed by atoms with Crippen molar-refractivity contribution in [3.05, 3.63) is 56.5 Å². The fourth-order valence-electron chi connectivity index (χ4n) is 3.84. The Balaban J connectivity index is 1.43. The highest BCUT2D eigenvalue weighted by Gasteiger charge is 2.34. The lowest BCUT2D eigenvalue weighted by Crippen LogP contribution is -2.29. The van der Waals surface area contributed by atoms with E-state index < -0.39 is 22.5 Å². The van der Waals surface area contributed by atoms with E-state index in [9.17, 15) is 22.8 Å². The molecule has 0 amide bonds. The van der Waals surface area contributed by atoms with E-state index in [1.807, 2.05) is 23.4 Å². The van der Waals surface area contributed by atoms with E-state index in [1.165, 1.54) is 6.20 Å². The van der Waals surface area contributed by atoms with Gasteiger partial charge in [-0.25, -0.2) is 9.97 Å². The van der Waals surface area contributed by atoms with Crippen molar-refractivity contribution in [1.82, 2.24) is 19.5 Å². The van der Waals surface area contributed by atoms with Gasteiger partial charge in [0.25, 0.3) is 0 Å². The highest BCUT2D eigenvalue weighted by molar-refractivity contribution is 7.13. The van der Waals surface area contributed by atoms with E-state index in [2.05, 4.69) is 15.0 Å². The monoisotopic (exact) mass is 511 g/mol. The average Bonchev–Trinajstić information content (AvgIpc) is 3.42. The molecule has 3 aromatic heterocycles. The van der Waals surface area contributed by atoms with Crippen LogP contribution in [0.2, 0.25) is 5.02 Å². The summed E-state index contributed by atoms with van der Waals surface area (Å²) in [5, 5.41) is 0.0839. The largest absolute Gasteiger partial charge is 0.417 e. The Morgan fingerprint density at radius 3 is 2.65 bits per heavy atom. The summed E-state index contributed by atoms with van der Waals surface area (Å²) in [4.78, 5) is 40.3. The lowest BCUT2D eigenvalue weighted by Gasteiger charge is -2.25. The minimum absolute atomic E-state index is 0.0321. The summed E-state index contributed by atoms with van der Waals surface area (Å²) in [5.74, 6) is 0.0682. The zero-order valence-electron chi connectivity index (χ0n) is 18.4. The number of anilines is 1. The van der Waals surface area contributed by atoms with Gasteiger partial charge in [-0.15, -0.1) is 11.3 Å². The van der Waals surface area contributed by atoms with Gasteiger partial charge in [-0.2, -0.15) is 13.2 Å². The number of fused-ring (bicyclic) bond motifs is 1. The van der Waals surface area contributed by atoms with Crippen molar-refractivity contribution < 1.29 is 22.8 Å². The van der Waals surface area contributed by atoms with Crippen LogP contribution in [-0.2, 0) is 19.1 Å². The normalized spacial score (nSPS) is 14.7. The quantitative estimate of drug-likeness (QED) is 0.413. The van der Waals surface area contributed by atoms with Gasteiger partial charge in [0.1, 0.15) is 5.69 Å². The van der Waals surface area contributed by atoms with Crippen molar-refractivity contribution >= 4 is 40.5 Å². The Morgan fingerprint density at radius 1 is 1.15 bits per heavy atom. The zero-order chi connectivity index (χ0) is 24.6. The first-order chi connectivity index (χ1) is 16.0. The Kier molecular flexibility index (Phi) is 6.77. The molecule has 1 atom stereocenters. The molecule has 0 bridgehead atoms. The summed E-state index contributed by atoms with van der Waals surface area (Å²) in [6.07, 6.45) is 0.0547. The fraction of sp³-hybridized carbons (Fsp3) is 0.409. The van der Waals surface area contributed by atoms with E-state index in [-0.39, 0.29) is 30.2 Å². The van der Waals surface area contributed by atoms with Crippen LogP contribution in [0.4, 0.5) is 19.1 Å². The maximum atomic E-state index is 13.1. The van der Waals surface area contributed by atoms with Crippen molar-refractivity contribution in [2.75, 3.05) is 18.5 Å². The van der Waals surface area contributed by atoms with Gasteiger partial charge in [-0.1, -0.05) is 18.5 Å². The van der Waals surface area contributed by atoms with Crippen LogP contribution in [-0.4, -0.2) is 44.7 Å². The Labute approximate surface area is 202 Å². The molecule has 0 saturated carbocycles. The summed E-state index contributed by atoms with van der Waals surface area (Å²) in [5.41, 5.74) is -0.511. The number of carbonyl (C=O) groups is 2. The SMILES string of the molecule is C[C@@H](CC(=O)c1cnc2n1CCCN2C)c1ncc(C(=O)Cc2cc(C(F)(F)F)c(Cl)cn2)s1. The molecule has 0 N–H and O–H groups in total. The molecule has 0 aromatic carbocycles. The summed E-state index contributed by atoms with van der Waals surface area (Å²) in [7, 11) is 1.94. The first-order valence-electron chi connectivity index (χ1n) is 10.5. The predicted octanol–water partition coefficient (Wildman–Crippen LogP) is 5.05. The van der Waals surface area contributed by atoms with Gasteiger partial charge < -0.3 is 9.47 Å². The molecule has 0 fully saturated rings. The van der Waals surface area contributed by atoms with Crippen molar-refractivity contribution in [3.63, 3.8) is 0 Å². The molecule has 4 rings (SSSR count). The molecule has 7 nitrogen and oxygen atoms in total. The Bertz CT molecular complexity index is 1240. The van der Waals surface area contributed by atoms with Gasteiger partial charge in [-0.3, -0.25) is 14.6 Å². The minimum Gasteiger partial charge on any atom is -0.345 e. The van der Waals surface area contributed by atoms with E-state index in [1.54, 1.807) is 6.20 Å².